The Morgan fingerprint density at radius 3 is 2.35 bits per heavy atom. The van der Waals surface area contributed by atoms with Crippen molar-refractivity contribution in [1.82, 2.24) is 0 Å². The summed E-state index contributed by atoms with van der Waals surface area (Å²) in [6, 6.07) is 9.35. The van der Waals surface area contributed by atoms with Crippen LogP contribution in [0.15, 0.2) is 36.4 Å². The van der Waals surface area contributed by atoms with Crippen LogP contribution in [0.4, 0.5) is 8.78 Å². The van der Waals surface area contributed by atoms with Crippen molar-refractivity contribution >= 4 is 40.0 Å². The van der Waals surface area contributed by atoms with Gasteiger partial charge in [-0.05, 0) is 51.9 Å². The molecule has 0 atom stereocenters. The van der Waals surface area contributed by atoms with E-state index in [0.717, 1.165) is 3.57 Å². The predicted molar refractivity (Wildman–Crippen MR) is 82.6 cm³/mol. The van der Waals surface area contributed by atoms with Gasteiger partial charge < -0.3 is 0 Å². The highest BCUT2D eigenvalue weighted by Crippen LogP contribution is 2.51. The fourth-order valence-electron chi connectivity index (χ4n) is 2.45. The number of alkyl halides is 3. The summed E-state index contributed by atoms with van der Waals surface area (Å²) in [4.78, 5) is 11.6. The van der Waals surface area contributed by atoms with Gasteiger partial charge in [-0.25, -0.2) is 0 Å². The number of carbonyl (C=O) groups excluding carboxylic acids is 1. The van der Waals surface area contributed by atoms with Crippen LogP contribution in [-0.2, 0) is 5.92 Å². The van der Waals surface area contributed by atoms with E-state index in [-0.39, 0.29) is 28.4 Å². The van der Waals surface area contributed by atoms with Crippen LogP contribution in [0.25, 0.3) is 11.1 Å². The molecule has 0 saturated carbocycles. The first-order chi connectivity index (χ1) is 9.45. The Morgan fingerprint density at radius 1 is 1.10 bits per heavy atom. The lowest BCUT2D eigenvalue weighted by molar-refractivity contribution is 0.0479. The van der Waals surface area contributed by atoms with Crippen molar-refractivity contribution in [2.24, 2.45) is 0 Å². The lowest BCUT2D eigenvalue weighted by atomic mass is 10.0. The maximum atomic E-state index is 14.5. The largest absolute Gasteiger partial charge is 0.299 e. The zero-order valence-electron chi connectivity index (χ0n) is 10.1. The summed E-state index contributed by atoms with van der Waals surface area (Å²) < 4.78 is 29.8. The molecule has 0 saturated heterocycles. The second kappa shape index (κ2) is 4.77. The molecule has 1 aliphatic carbocycles. The standard InChI is InChI=1S/C15H8ClF2IO/c16-7-14(20)8-1-3-10-11-4-2-9(19)6-13(11)15(17,18)12(10)5-8/h1-6H,7H2. The smallest absolute Gasteiger partial charge is 0.293 e. The molecule has 0 bridgehead atoms. The Balaban J connectivity index is 2.24. The molecule has 0 heterocycles. The van der Waals surface area contributed by atoms with E-state index in [9.17, 15) is 13.6 Å². The van der Waals surface area contributed by atoms with Crippen LogP contribution in [0.1, 0.15) is 21.5 Å². The van der Waals surface area contributed by atoms with Crippen LogP contribution in [0.5, 0.6) is 0 Å². The number of hydrogen-bond donors (Lipinski definition) is 0. The first kappa shape index (κ1) is 13.9. The summed E-state index contributed by atoms with van der Waals surface area (Å²) in [6.45, 7) is 0. The summed E-state index contributed by atoms with van der Waals surface area (Å²) >= 11 is 7.49. The quantitative estimate of drug-likeness (QED) is 0.398. The fraction of sp³-hybridized carbons (Fsp3) is 0.133. The van der Waals surface area contributed by atoms with Crippen LogP contribution in [0, 0.1) is 3.57 Å². The topological polar surface area (TPSA) is 17.1 Å². The molecule has 5 heteroatoms. The average Bonchev–Trinajstić information content (AvgIpc) is 2.66. The lowest BCUT2D eigenvalue weighted by Crippen LogP contribution is -2.12. The summed E-state index contributed by atoms with van der Waals surface area (Å²) in [7, 11) is 0. The molecule has 20 heavy (non-hydrogen) atoms. The van der Waals surface area contributed by atoms with Crippen molar-refractivity contribution in [2.45, 2.75) is 5.92 Å². The number of carbonyl (C=O) groups is 1. The van der Waals surface area contributed by atoms with E-state index >= 15 is 0 Å². The van der Waals surface area contributed by atoms with Gasteiger partial charge in [-0.15, -0.1) is 11.6 Å². The summed E-state index contributed by atoms with van der Waals surface area (Å²) in [5, 5.41) is 0. The number of rotatable bonds is 2. The second-order valence-electron chi connectivity index (χ2n) is 4.58. The van der Waals surface area contributed by atoms with Crippen molar-refractivity contribution < 1.29 is 13.6 Å². The van der Waals surface area contributed by atoms with Crippen LogP contribution < -0.4 is 0 Å². The number of halogens is 4. The number of benzene rings is 2. The molecule has 3 rings (SSSR count). The van der Waals surface area contributed by atoms with Crippen molar-refractivity contribution in [3.63, 3.8) is 0 Å². The fourth-order valence-corrected chi connectivity index (χ4v) is 3.09. The molecule has 2 aromatic carbocycles. The molecule has 0 fully saturated rings. The Kier molecular flexibility index (Phi) is 3.33. The number of ketones is 1. The van der Waals surface area contributed by atoms with E-state index in [1.54, 1.807) is 24.3 Å². The van der Waals surface area contributed by atoms with Gasteiger partial charge in [0, 0.05) is 20.3 Å². The monoisotopic (exact) mass is 404 g/mol. The molecule has 0 amide bonds. The van der Waals surface area contributed by atoms with Crippen molar-refractivity contribution in [2.75, 3.05) is 5.88 Å². The van der Waals surface area contributed by atoms with Gasteiger partial charge in [0.15, 0.2) is 5.78 Å². The van der Waals surface area contributed by atoms with Crippen LogP contribution in [0.3, 0.4) is 0 Å². The van der Waals surface area contributed by atoms with Crippen molar-refractivity contribution in [3.8, 4) is 11.1 Å². The first-order valence-corrected chi connectivity index (χ1v) is 7.48. The molecule has 1 nitrogen and oxygen atoms in total. The average molecular weight is 405 g/mol. The minimum absolute atomic E-state index is 0.00475. The second-order valence-corrected chi connectivity index (χ2v) is 6.09. The molecule has 0 N–H and O–H groups in total. The predicted octanol–water partition coefficient (Wildman–Crippen LogP) is 4.83. The number of Topliss-reactive ketones (excluding diaryl/α,β-unsaturated/α-hetero) is 1. The molecule has 0 aromatic heterocycles. The number of hydrogen-bond acceptors (Lipinski definition) is 1. The highest BCUT2D eigenvalue weighted by Gasteiger charge is 2.44. The van der Waals surface area contributed by atoms with Gasteiger partial charge in [0.05, 0.1) is 5.88 Å². The Morgan fingerprint density at radius 2 is 1.70 bits per heavy atom. The van der Waals surface area contributed by atoms with Gasteiger partial charge in [-0.3, -0.25) is 4.79 Å². The third-order valence-electron chi connectivity index (χ3n) is 3.41. The van der Waals surface area contributed by atoms with E-state index in [2.05, 4.69) is 0 Å². The van der Waals surface area contributed by atoms with E-state index in [1.165, 1.54) is 12.1 Å². The maximum Gasteiger partial charge on any atom is 0.299 e. The minimum atomic E-state index is -3.07. The summed E-state index contributed by atoms with van der Waals surface area (Å²) in [5.41, 5.74) is 1.10. The van der Waals surface area contributed by atoms with Crippen molar-refractivity contribution in [3.05, 3.63) is 56.7 Å². The van der Waals surface area contributed by atoms with Gasteiger partial charge in [0.2, 0.25) is 0 Å². The minimum Gasteiger partial charge on any atom is -0.293 e. The molecule has 102 valence electrons. The number of fused-ring (bicyclic) bond motifs is 3. The summed E-state index contributed by atoms with van der Waals surface area (Å²) in [5.74, 6) is -3.64. The SMILES string of the molecule is O=C(CCl)c1ccc2c(c1)C(F)(F)c1cc(I)ccc1-2. The Hall–Kier alpha value is -1.01. The van der Waals surface area contributed by atoms with E-state index in [4.69, 9.17) is 11.6 Å². The lowest BCUT2D eigenvalue weighted by Gasteiger charge is -2.13. The molecular formula is C15H8ClF2IO. The molecule has 2 aromatic rings. The summed E-state index contributed by atoms with van der Waals surface area (Å²) in [6.07, 6.45) is 0. The van der Waals surface area contributed by atoms with Crippen LogP contribution >= 0.6 is 34.2 Å². The Bertz CT molecular complexity index is 728. The van der Waals surface area contributed by atoms with Gasteiger partial charge in [0.1, 0.15) is 0 Å². The van der Waals surface area contributed by atoms with Gasteiger partial charge in [0.25, 0.3) is 5.92 Å². The first-order valence-electron chi connectivity index (χ1n) is 5.87. The zero-order valence-corrected chi connectivity index (χ0v) is 13.0. The highest BCUT2D eigenvalue weighted by molar-refractivity contribution is 14.1. The third-order valence-corrected chi connectivity index (χ3v) is 4.32. The normalized spacial score (nSPS) is 14.8. The van der Waals surface area contributed by atoms with Gasteiger partial charge in [-0.1, -0.05) is 18.2 Å². The van der Waals surface area contributed by atoms with Crippen molar-refractivity contribution in [1.29, 1.82) is 0 Å². The Labute approximate surface area is 133 Å². The van der Waals surface area contributed by atoms with E-state index in [0.29, 0.717) is 11.1 Å². The highest BCUT2D eigenvalue weighted by atomic mass is 127. The van der Waals surface area contributed by atoms with Gasteiger partial charge >= 0.3 is 0 Å². The molecule has 0 radical (unpaired) electrons. The molecule has 0 spiro atoms. The van der Waals surface area contributed by atoms with Gasteiger partial charge in [-0.2, -0.15) is 8.78 Å². The molecule has 1 aliphatic rings. The molecule has 0 unspecified atom stereocenters. The van der Waals surface area contributed by atoms with Crippen LogP contribution in [-0.4, -0.2) is 11.7 Å². The zero-order chi connectivity index (χ0) is 14.5. The maximum absolute atomic E-state index is 14.5. The van der Waals surface area contributed by atoms with Crippen LogP contribution in [0.2, 0.25) is 0 Å². The van der Waals surface area contributed by atoms with E-state index < -0.39 is 5.92 Å². The molecular weight excluding hydrogens is 397 g/mol. The molecule has 0 aliphatic heterocycles. The third kappa shape index (κ3) is 1.97. The van der Waals surface area contributed by atoms with E-state index in [1.807, 2.05) is 22.6 Å².